The van der Waals surface area contributed by atoms with Gasteiger partial charge >= 0.3 is 5.97 Å². The molecule has 2 unspecified atom stereocenters. The average molecular weight is 332 g/mol. The number of thiophene rings is 1. The van der Waals surface area contributed by atoms with Crippen molar-refractivity contribution in [1.29, 1.82) is 0 Å². The summed E-state index contributed by atoms with van der Waals surface area (Å²) in [5.41, 5.74) is 0. The fraction of sp³-hybridized carbons (Fsp3) is 0.615. The van der Waals surface area contributed by atoms with Gasteiger partial charge < -0.3 is 5.11 Å². The van der Waals surface area contributed by atoms with E-state index in [0.717, 1.165) is 30.6 Å². The van der Waals surface area contributed by atoms with Crippen molar-refractivity contribution >= 4 is 27.3 Å². The molecule has 1 aromatic heterocycles. The van der Waals surface area contributed by atoms with Crippen LogP contribution < -0.4 is 4.83 Å². The van der Waals surface area contributed by atoms with Crippen LogP contribution in [0.2, 0.25) is 0 Å². The van der Waals surface area contributed by atoms with Crippen molar-refractivity contribution in [2.45, 2.75) is 57.0 Å². The van der Waals surface area contributed by atoms with Gasteiger partial charge in [0.1, 0.15) is 4.88 Å². The van der Waals surface area contributed by atoms with Crippen LogP contribution in [0.4, 0.5) is 0 Å². The molecule has 21 heavy (non-hydrogen) atoms. The lowest BCUT2D eigenvalue weighted by molar-refractivity contribution is 0.0702. The summed E-state index contributed by atoms with van der Waals surface area (Å²) in [4.78, 5) is 14.2. The number of hydrazine groups is 1. The minimum atomic E-state index is -3.75. The van der Waals surface area contributed by atoms with Gasteiger partial charge in [-0.05, 0) is 39.7 Å². The Morgan fingerprint density at radius 1 is 1.38 bits per heavy atom. The van der Waals surface area contributed by atoms with Gasteiger partial charge in [-0.3, -0.25) is 0 Å². The largest absolute Gasteiger partial charge is 0.477 e. The Bertz CT molecular complexity index is 629. The summed E-state index contributed by atoms with van der Waals surface area (Å²) in [6.45, 7) is 5.59. The molecule has 0 saturated carbocycles. The van der Waals surface area contributed by atoms with Crippen LogP contribution in [0.3, 0.4) is 0 Å². The van der Waals surface area contributed by atoms with Gasteiger partial charge in [-0.1, -0.05) is 6.42 Å². The Morgan fingerprint density at radius 2 is 1.95 bits per heavy atom. The molecule has 0 spiro atoms. The van der Waals surface area contributed by atoms with Crippen LogP contribution in [0.5, 0.6) is 0 Å². The lowest BCUT2D eigenvalue weighted by atomic mass is 10.0. The molecule has 2 atom stereocenters. The highest BCUT2D eigenvalue weighted by Crippen LogP contribution is 2.27. The predicted molar refractivity (Wildman–Crippen MR) is 81.0 cm³/mol. The maximum Gasteiger partial charge on any atom is 0.345 e. The Kier molecular flexibility index (Phi) is 4.72. The van der Waals surface area contributed by atoms with Gasteiger partial charge in [0.2, 0.25) is 0 Å². The molecule has 2 rings (SSSR count). The van der Waals surface area contributed by atoms with Gasteiger partial charge in [0.15, 0.2) is 0 Å². The van der Waals surface area contributed by atoms with Gasteiger partial charge in [-0.25, -0.2) is 18.2 Å². The third-order valence-electron chi connectivity index (χ3n) is 3.79. The number of carboxylic acid groups (broad SMARTS) is 1. The quantitative estimate of drug-likeness (QED) is 0.883. The van der Waals surface area contributed by atoms with E-state index in [-0.39, 0.29) is 21.9 Å². The van der Waals surface area contributed by atoms with E-state index in [1.807, 2.05) is 13.8 Å². The molecule has 0 aliphatic carbocycles. The molecule has 1 aliphatic rings. The SMILES string of the molecule is Cc1sc(C(=O)O)cc1S(=O)(=O)NN1C(C)CCCC1C. The number of hydrogen-bond acceptors (Lipinski definition) is 5. The number of piperidine rings is 1. The number of hydrogen-bond donors (Lipinski definition) is 2. The topological polar surface area (TPSA) is 86.7 Å². The normalized spacial score (nSPS) is 24.1. The van der Waals surface area contributed by atoms with Gasteiger partial charge in [0.25, 0.3) is 10.0 Å². The second-order valence-corrected chi connectivity index (χ2v) is 8.35. The zero-order valence-corrected chi connectivity index (χ0v) is 13.9. The predicted octanol–water partition coefficient (Wildman–Crippen LogP) is 2.21. The molecule has 0 bridgehead atoms. The summed E-state index contributed by atoms with van der Waals surface area (Å²) in [5, 5.41) is 10.7. The maximum atomic E-state index is 12.5. The van der Waals surface area contributed by atoms with Crippen LogP contribution in [0.15, 0.2) is 11.0 Å². The van der Waals surface area contributed by atoms with E-state index >= 15 is 0 Å². The Morgan fingerprint density at radius 3 is 2.43 bits per heavy atom. The van der Waals surface area contributed by atoms with Crippen molar-refractivity contribution in [2.24, 2.45) is 0 Å². The second kappa shape index (κ2) is 6.04. The molecular formula is C13H20N2O4S2. The molecular weight excluding hydrogens is 312 g/mol. The molecule has 1 fully saturated rings. The molecule has 8 heteroatoms. The van der Waals surface area contributed by atoms with E-state index in [1.54, 1.807) is 11.9 Å². The first-order chi connectivity index (χ1) is 9.72. The first-order valence-electron chi connectivity index (χ1n) is 6.87. The van der Waals surface area contributed by atoms with E-state index < -0.39 is 16.0 Å². The molecule has 1 saturated heterocycles. The van der Waals surface area contributed by atoms with Crippen molar-refractivity contribution in [3.63, 3.8) is 0 Å². The van der Waals surface area contributed by atoms with E-state index in [0.29, 0.717) is 4.88 Å². The summed E-state index contributed by atoms with van der Waals surface area (Å²) in [5.74, 6) is -1.11. The number of aromatic carboxylic acids is 1. The first kappa shape index (κ1) is 16.4. The third kappa shape index (κ3) is 3.45. The van der Waals surface area contributed by atoms with Crippen LogP contribution in [0.25, 0.3) is 0 Å². The van der Waals surface area contributed by atoms with E-state index in [2.05, 4.69) is 4.83 Å². The molecule has 118 valence electrons. The molecule has 2 heterocycles. The van der Waals surface area contributed by atoms with Crippen molar-refractivity contribution in [2.75, 3.05) is 0 Å². The first-order valence-corrected chi connectivity index (χ1v) is 9.17. The number of rotatable bonds is 4. The highest BCUT2D eigenvalue weighted by atomic mass is 32.2. The third-order valence-corrected chi connectivity index (χ3v) is 6.41. The fourth-order valence-electron chi connectivity index (χ4n) is 2.63. The van der Waals surface area contributed by atoms with E-state index in [9.17, 15) is 13.2 Å². The molecule has 1 aliphatic heterocycles. The molecule has 6 nitrogen and oxygen atoms in total. The van der Waals surface area contributed by atoms with Crippen molar-refractivity contribution in [3.8, 4) is 0 Å². The monoisotopic (exact) mass is 332 g/mol. The number of nitrogens with zero attached hydrogens (tertiary/aromatic N) is 1. The highest BCUT2D eigenvalue weighted by molar-refractivity contribution is 7.89. The molecule has 0 aromatic carbocycles. The van der Waals surface area contributed by atoms with E-state index in [4.69, 9.17) is 5.11 Å². The van der Waals surface area contributed by atoms with Gasteiger partial charge in [0, 0.05) is 17.0 Å². The lowest BCUT2D eigenvalue weighted by Gasteiger charge is -2.38. The summed E-state index contributed by atoms with van der Waals surface area (Å²) < 4.78 is 25.0. The molecule has 1 aromatic rings. The number of carbonyl (C=O) groups is 1. The maximum absolute atomic E-state index is 12.5. The van der Waals surface area contributed by atoms with Crippen LogP contribution in [0, 0.1) is 6.92 Å². The number of aryl methyl sites for hydroxylation is 1. The molecule has 0 amide bonds. The van der Waals surface area contributed by atoms with Crippen LogP contribution in [-0.2, 0) is 10.0 Å². The number of carboxylic acids is 1. The van der Waals surface area contributed by atoms with Crippen LogP contribution in [-0.4, -0.2) is 36.6 Å². The summed E-state index contributed by atoms with van der Waals surface area (Å²) in [6.07, 6.45) is 2.97. The average Bonchev–Trinajstić information content (AvgIpc) is 2.77. The molecule has 2 N–H and O–H groups in total. The van der Waals surface area contributed by atoms with Crippen molar-refractivity contribution in [3.05, 3.63) is 15.8 Å². The van der Waals surface area contributed by atoms with Crippen LogP contribution in [0.1, 0.15) is 47.7 Å². The number of nitrogens with one attached hydrogen (secondary N) is 1. The second-order valence-electron chi connectivity index (χ2n) is 5.47. The summed E-state index contributed by atoms with van der Waals surface area (Å²) >= 11 is 0.976. The smallest absolute Gasteiger partial charge is 0.345 e. The zero-order chi connectivity index (χ0) is 15.8. The lowest BCUT2D eigenvalue weighted by Crippen LogP contribution is -2.53. The van der Waals surface area contributed by atoms with E-state index in [1.165, 1.54) is 6.07 Å². The summed E-state index contributed by atoms with van der Waals surface area (Å²) in [6, 6.07) is 1.48. The fourth-order valence-corrected chi connectivity index (χ4v) is 5.30. The summed E-state index contributed by atoms with van der Waals surface area (Å²) in [7, 11) is -3.75. The highest BCUT2D eigenvalue weighted by Gasteiger charge is 2.31. The standard InChI is InChI=1S/C13H20N2O4S2/c1-8-5-4-6-9(2)15(8)14-21(18,19)12-7-11(13(16)17)20-10(12)3/h7-9,14H,4-6H2,1-3H3,(H,16,17). The van der Waals surface area contributed by atoms with Crippen LogP contribution >= 0.6 is 11.3 Å². The zero-order valence-electron chi connectivity index (χ0n) is 12.3. The minimum Gasteiger partial charge on any atom is -0.477 e. The molecule has 0 radical (unpaired) electrons. The number of sulfonamides is 1. The van der Waals surface area contributed by atoms with Crippen molar-refractivity contribution in [1.82, 2.24) is 9.84 Å². The van der Waals surface area contributed by atoms with Gasteiger partial charge in [0.05, 0.1) is 4.90 Å². The Labute approximate surface area is 128 Å². The minimum absolute atomic E-state index is 0.0348. The van der Waals surface area contributed by atoms with Gasteiger partial charge in [-0.2, -0.15) is 0 Å². The van der Waals surface area contributed by atoms with Gasteiger partial charge in [-0.15, -0.1) is 16.2 Å². The Hall–Kier alpha value is -0.960. The van der Waals surface area contributed by atoms with Crippen molar-refractivity contribution < 1.29 is 18.3 Å². The Balaban J connectivity index is 2.28.